The largest absolute Gasteiger partial charge is 0.459 e. The van der Waals surface area contributed by atoms with Crippen molar-refractivity contribution in [1.29, 1.82) is 0 Å². The van der Waals surface area contributed by atoms with Crippen LogP contribution in [0.4, 0.5) is 14.5 Å². The molecule has 134 valence electrons. The molecule has 1 aromatic carbocycles. The van der Waals surface area contributed by atoms with Gasteiger partial charge in [0.15, 0.2) is 18.2 Å². The van der Waals surface area contributed by atoms with Crippen LogP contribution in [-0.2, 0) is 4.74 Å². The molecule has 4 atom stereocenters. The first-order valence-corrected chi connectivity index (χ1v) is 7.65. The number of hydrogen-bond acceptors (Lipinski definition) is 6. The zero-order valence-electron chi connectivity index (χ0n) is 13.3. The fourth-order valence-electron chi connectivity index (χ4n) is 2.41. The number of esters is 1. The van der Waals surface area contributed by atoms with Crippen molar-refractivity contribution >= 4 is 23.3 Å². The predicted molar refractivity (Wildman–Crippen MR) is 83.8 cm³/mol. The first kappa shape index (κ1) is 18.9. The summed E-state index contributed by atoms with van der Waals surface area (Å²) in [6, 6.07) is 5.49. The second kappa shape index (κ2) is 6.44. The molecule has 9 heteroatoms. The summed E-state index contributed by atoms with van der Waals surface area (Å²) in [5.74, 6) is -3.39. The van der Waals surface area contributed by atoms with E-state index in [4.69, 9.17) is 16.3 Å². The highest BCUT2D eigenvalue weighted by atomic mass is 35.5. The number of ether oxygens (including phenoxy) is 1. The number of aliphatic hydroxyl groups is 2. The monoisotopic (exact) mass is 364 g/mol. The topological polar surface area (TPSA) is 82.0 Å². The van der Waals surface area contributed by atoms with Crippen molar-refractivity contribution in [2.75, 3.05) is 4.90 Å². The maximum absolute atomic E-state index is 14.1. The molecule has 4 unspecified atom stereocenters. The van der Waals surface area contributed by atoms with E-state index in [2.05, 4.69) is 0 Å². The summed E-state index contributed by atoms with van der Waals surface area (Å²) in [6.45, 7) is 4.16. The van der Waals surface area contributed by atoms with Crippen LogP contribution in [0.15, 0.2) is 24.3 Å². The molecule has 1 saturated heterocycles. The zero-order valence-corrected chi connectivity index (χ0v) is 14.1. The number of carbonyl (C=O) groups is 1. The third kappa shape index (κ3) is 3.61. The van der Waals surface area contributed by atoms with E-state index in [1.165, 1.54) is 24.3 Å². The summed E-state index contributed by atoms with van der Waals surface area (Å²) in [6.07, 6.45) is -4.83. The number of halogens is 3. The van der Waals surface area contributed by atoms with Gasteiger partial charge >= 0.3 is 5.97 Å². The summed E-state index contributed by atoms with van der Waals surface area (Å²) in [5, 5.41) is 19.5. The van der Waals surface area contributed by atoms with Crippen LogP contribution < -0.4 is 10.2 Å². The number of nitrogens with zero attached hydrogens (tertiary/aromatic N) is 1. The number of aliphatic hydroxyl groups excluding tert-OH is 1. The van der Waals surface area contributed by atoms with Crippen LogP contribution in [-0.4, -0.2) is 45.8 Å². The Morgan fingerprint density at radius 1 is 1.50 bits per heavy atom. The molecule has 6 nitrogen and oxygen atoms in total. The first-order chi connectivity index (χ1) is 11.0. The molecule has 0 bridgehead atoms. The Balaban J connectivity index is 2.38. The standard InChI is InChI=1S/C15H19ClF2N2O4/c1-8(2)24-13(22)9-5-4-6-10(7-9)20-12(21)11(17)14(3,18)19-15(20,16)23/h4-8,11-12,19,21,23H,1-3H3. The van der Waals surface area contributed by atoms with Crippen LogP contribution >= 0.6 is 11.6 Å². The van der Waals surface area contributed by atoms with E-state index < -0.39 is 29.5 Å². The fraction of sp³-hybridized carbons (Fsp3) is 0.533. The lowest BCUT2D eigenvalue weighted by molar-refractivity contribution is -0.136. The van der Waals surface area contributed by atoms with Crippen LogP contribution in [0.5, 0.6) is 0 Å². The SMILES string of the molecule is CC(C)OC(=O)c1cccc(N2C(O)C(F)C(C)(F)NC2(O)Cl)c1. The van der Waals surface area contributed by atoms with Crippen molar-refractivity contribution in [3.63, 3.8) is 0 Å². The predicted octanol–water partition coefficient (Wildman–Crippen LogP) is 1.85. The molecule has 0 aliphatic carbocycles. The lowest BCUT2D eigenvalue weighted by atomic mass is 10.1. The Labute approximate surface area is 143 Å². The number of benzene rings is 1. The van der Waals surface area contributed by atoms with Crippen molar-refractivity contribution in [2.45, 2.75) is 50.4 Å². The van der Waals surface area contributed by atoms with E-state index in [0.717, 1.165) is 6.92 Å². The highest BCUT2D eigenvalue weighted by Crippen LogP contribution is 2.37. The maximum Gasteiger partial charge on any atom is 0.338 e. The van der Waals surface area contributed by atoms with Crippen molar-refractivity contribution < 1.29 is 28.5 Å². The maximum atomic E-state index is 14.1. The Morgan fingerprint density at radius 2 is 2.12 bits per heavy atom. The van der Waals surface area contributed by atoms with Crippen LogP contribution in [0.1, 0.15) is 31.1 Å². The van der Waals surface area contributed by atoms with Crippen LogP contribution in [0.3, 0.4) is 0 Å². The van der Waals surface area contributed by atoms with E-state index >= 15 is 0 Å². The number of rotatable bonds is 3. The van der Waals surface area contributed by atoms with Gasteiger partial charge in [-0.2, -0.15) is 0 Å². The Hall–Kier alpha value is -1.48. The van der Waals surface area contributed by atoms with Gasteiger partial charge in [-0.05, 0) is 50.6 Å². The minimum Gasteiger partial charge on any atom is -0.459 e. The van der Waals surface area contributed by atoms with Gasteiger partial charge in [-0.25, -0.2) is 18.9 Å². The molecule has 2 rings (SSSR count). The second-order valence-electron chi connectivity index (χ2n) is 5.98. The number of nitrogens with one attached hydrogen (secondary N) is 1. The minimum absolute atomic E-state index is 0.00357. The Kier molecular flexibility index (Phi) is 5.06. The van der Waals surface area contributed by atoms with Gasteiger partial charge in [-0.1, -0.05) is 6.07 Å². The Morgan fingerprint density at radius 3 is 2.71 bits per heavy atom. The second-order valence-corrected chi connectivity index (χ2v) is 6.50. The van der Waals surface area contributed by atoms with Gasteiger partial charge in [0.2, 0.25) is 0 Å². The highest BCUT2D eigenvalue weighted by Gasteiger charge is 2.56. The summed E-state index contributed by atoms with van der Waals surface area (Å²) < 4.78 is 33.2. The van der Waals surface area contributed by atoms with E-state index in [1.807, 2.05) is 5.32 Å². The average molecular weight is 365 g/mol. The highest BCUT2D eigenvalue weighted by molar-refractivity contribution is 6.23. The third-order valence-corrected chi connectivity index (χ3v) is 3.75. The molecule has 1 aromatic rings. The minimum atomic E-state index is -2.75. The number of alkyl halides is 3. The van der Waals surface area contributed by atoms with E-state index in [1.54, 1.807) is 13.8 Å². The molecular weight excluding hydrogens is 346 g/mol. The molecule has 24 heavy (non-hydrogen) atoms. The van der Waals surface area contributed by atoms with Gasteiger partial charge in [-0.3, -0.25) is 4.90 Å². The summed E-state index contributed by atoms with van der Waals surface area (Å²) in [4.78, 5) is 12.6. The molecule has 0 aromatic heterocycles. The zero-order chi connectivity index (χ0) is 18.3. The van der Waals surface area contributed by atoms with Crippen molar-refractivity contribution in [1.82, 2.24) is 5.32 Å². The third-order valence-electron chi connectivity index (χ3n) is 3.47. The van der Waals surface area contributed by atoms with Gasteiger partial charge in [0.1, 0.15) is 0 Å². The van der Waals surface area contributed by atoms with Crippen LogP contribution in [0, 0.1) is 0 Å². The lowest BCUT2D eigenvalue weighted by Crippen LogP contribution is -2.75. The molecule has 0 radical (unpaired) electrons. The molecule has 1 heterocycles. The molecular formula is C15H19ClF2N2O4. The number of hydrogen-bond donors (Lipinski definition) is 3. The van der Waals surface area contributed by atoms with Crippen molar-refractivity contribution in [3.05, 3.63) is 29.8 Å². The number of carbonyl (C=O) groups excluding carboxylic acids is 1. The molecule has 3 N–H and O–H groups in total. The average Bonchev–Trinajstić information content (AvgIpc) is 2.43. The summed E-state index contributed by atoms with van der Waals surface area (Å²) in [7, 11) is 0. The summed E-state index contributed by atoms with van der Waals surface area (Å²) in [5.41, 5.74) is 0.105. The molecule has 1 aliphatic rings. The van der Waals surface area contributed by atoms with Gasteiger partial charge < -0.3 is 14.9 Å². The van der Waals surface area contributed by atoms with Gasteiger partial charge in [0.05, 0.1) is 11.7 Å². The molecule has 0 saturated carbocycles. The van der Waals surface area contributed by atoms with Gasteiger partial charge in [0.25, 0.3) is 5.31 Å². The summed E-state index contributed by atoms with van der Waals surface area (Å²) >= 11 is 5.82. The molecule has 1 aliphatic heterocycles. The Bertz CT molecular complexity index is 627. The van der Waals surface area contributed by atoms with Crippen molar-refractivity contribution in [3.8, 4) is 0 Å². The normalized spacial score (nSPS) is 33.6. The van der Waals surface area contributed by atoms with E-state index in [-0.39, 0.29) is 17.4 Å². The van der Waals surface area contributed by atoms with Crippen LogP contribution in [0.2, 0.25) is 0 Å². The van der Waals surface area contributed by atoms with Gasteiger partial charge in [-0.15, -0.1) is 0 Å². The van der Waals surface area contributed by atoms with E-state index in [0.29, 0.717) is 4.90 Å². The van der Waals surface area contributed by atoms with Crippen molar-refractivity contribution in [2.24, 2.45) is 0 Å². The first-order valence-electron chi connectivity index (χ1n) is 7.28. The quantitative estimate of drug-likeness (QED) is 0.431. The van der Waals surface area contributed by atoms with Crippen LogP contribution in [0.25, 0.3) is 0 Å². The molecule has 1 fully saturated rings. The van der Waals surface area contributed by atoms with E-state index in [9.17, 15) is 23.8 Å². The fourth-order valence-corrected chi connectivity index (χ4v) is 2.80. The molecule has 0 spiro atoms. The number of anilines is 1. The van der Waals surface area contributed by atoms with Gasteiger partial charge in [0, 0.05) is 5.69 Å². The lowest BCUT2D eigenvalue weighted by Gasteiger charge is -2.49. The molecule has 0 amide bonds. The smallest absolute Gasteiger partial charge is 0.338 e.